The van der Waals surface area contributed by atoms with Gasteiger partial charge in [-0.25, -0.2) is 12.8 Å². The van der Waals surface area contributed by atoms with Gasteiger partial charge >= 0.3 is 0 Å². The van der Waals surface area contributed by atoms with Crippen molar-refractivity contribution in [3.63, 3.8) is 0 Å². The molecule has 0 fully saturated rings. The van der Waals surface area contributed by atoms with Crippen LogP contribution in [0.5, 0.6) is 0 Å². The van der Waals surface area contributed by atoms with Gasteiger partial charge in [-0.15, -0.1) is 0 Å². The van der Waals surface area contributed by atoms with Crippen molar-refractivity contribution in [3.05, 3.63) is 125 Å². The van der Waals surface area contributed by atoms with Gasteiger partial charge in [0.2, 0.25) is 10.0 Å². The fourth-order valence-corrected chi connectivity index (χ4v) is 5.39. The molecule has 4 rings (SSSR count). The summed E-state index contributed by atoms with van der Waals surface area (Å²) in [6, 6.07) is 22.9. The first kappa shape index (κ1) is 26.7. The van der Waals surface area contributed by atoms with E-state index in [1.54, 1.807) is 54.9 Å². The molecule has 0 bridgehead atoms. The number of nitrogens with zero attached hydrogens (tertiary/aromatic N) is 2. The van der Waals surface area contributed by atoms with Crippen molar-refractivity contribution in [1.82, 2.24) is 14.6 Å². The van der Waals surface area contributed by atoms with Crippen molar-refractivity contribution < 1.29 is 12.8 Å². The lowest BCUT2D eigenvalue weighted by Crippen LogP contribution is -2.30. The highest BCUT2D eigenvalue weighted by Crippen LogP contribution is 2.24. The molecule has 0 unspecified atom stereocenters. The lowest BCUT2D eigenvalue weighted by molar-refractivity contribution is 0.401. The van der Waals surface area contributed by atoms with Crippen molar-refractivity contribution in [2.45, 2.75) is 24.5 Å². The maximum absolute atomic E-state index is 13.6. The maximum Gasteiger partial charge on any atom is 0.243 e. The van der Waals surface area contributed by atoms with Gasteiger partial charge in [-0.05, 0) is 89.6 Å². The van der Waals surface area contributed by atoms with E-state index < -0.39 is 10.0 Å². The molecule has 0 saturated heterocycles. The van der Waals surface area contributed by atoms with Gasteiger partial charge in [-0.2, -0.15) is 4.31 Å². The highest BCUT2D eigenvalue weighted by molar-refractivity contribution is 7.89. The van der Waals surface area contributed by atoms with Gasteiger partial charge < -0.3 is 10.6 Å². The predicted molar refractivity (Wildman–Crippen MR) is 148 cm³/mol. The summed E-state index contributed by atoms with van der Waals surface area (Å²) >= 11 is 11.5. The van der Waals surface area contributed by atoms with Crippen LogP contribution in [0.1, 0.15) is 16.7 Å². The van der Waals surface area contributed by atoms with Gasteiger partial charge in [-0.1, -0.05) is 35.9 Å². The third-order valence-electron chi connectivity index (χ3n) is 5.47. The minimum Gasteiger partial charge on any atom is -0.358 e. The number of rotatable bonds is 9. The Morgan fingerprint density at radius 2 is 1.57 bits per heavy atom. The van der Waals surface area contributed by atoms with E-state index in [1.807, 2.05) is 18.2 Å². The second-order valence-corrected chi connectivity index (χ2v) is 11.0. The molecule has 0 spiro atoms. The average molecular weight is 555 g/mol. The van der Waals surface area contributed by atoms with Crippen LogP contribution in [0.25, 0.3) is 0 Å². The number of anilines is 1. The number of pyridine rings is 1. The minimum atomic E-state index is -3.90. The molecule has 10 heteroatoms. The van der Waals surface area contributed by atoms with E-state index in [2.05, 4.69) is 15.6 Å². The summed E-state index contributed by atoms with van der Waals surface area (Å²) in [6.07, 6.45) is 3.41. The van der Waals surface area contributed by atoms with E-state index in [4.69, 9.17) is 23.8 Å². The Morgan fingerprint density at radius 3 is 2.24 bits per heavy atom. The highest BCUT2D eigenvalue weighted by atomic mass is 35.5. The van der Waals surface area contributed by atoms with Crippen molar-refractivity contribution >= 4 is 44.6 Å². The first-order valence-electron chi connectivity index (χ1n) is 11.3. The summed E-state index contributed by atoms with van der Waals surface area (Å²) in [7, 11) is -3.90. The van der Waals surface area contributed by atoms with Crippen molar-refractivity contribution in [2.24, 2.45) is 0 Å². The standard InChI is InChI=1S/C27H24ClFN4O2S2/c28-23-3-1-2-22(16-23)19-33(18-21-4-6-24(29)7-5-21)37(34,35)26-10-8-25(9-11-26)32-27(36)31-17-20-12-14-30-15-13-20/h1-16H,17-19H2,(H2,31,32,36). The first-order chi connectivity index (χ1) is 17.8. The molecule has 0 saturated carbocycles. The largest absolute Gasteiger partial charge is 0.358 e. The van der Waals surface area contributed by atoms with Gasteiger partial charge in [0.25, 0.3) is 0 Å². The molecule has 2 N–H and O–H groups in total. The quantitative estimate of drug-likeness (QED) is 0.257. The third kappa shape index (κ3) is 7.56. The topological polar surface area (TPSA) is 74.3 Å². The number of hydrogen-bond donors (Lipinski definition) is 2. The Morgan fingerprint density at radius 1 is 0.892 bits per heavy atom. The molecule has 37 heavy (non-hydrogen) atoms. The zero-order valence-corrected chi connectivity index (χ0v) is 22.0. The molecular weight excluding hydrogens is 531 g/mol. The van der Waals surface area contributed by atoms with E-state index in [-0.39, 0.29) is 23.8 Å². The summed E-state index contributed by atoms with van der Waals surface area (Å²) in [5.74, 6) is -0.385. The minimum absolute atomic E-state index is 0.0676. The number of thiocarbonyl (C=S) groups is 1. The lowest BCUT2D eigenvalue weighted by atomic mass is 10.2. The molecular formula is C27H24ClFN4O2S2. The Labute approximate surface area is 226 Å². The van der Waals surface area contributed by atoms with Crippen LogP contribution in [0, 0.1) is 5.82 Å². The molecule has 1 heterocycles. The molecule has 190 valence electrons. The van der Waals surface area contributed by atoms with Crippen molar-refractivity contribution in [1.29, 1.82) is 0 Å². The third-order valence-corrected chi connectivity index (χ3v) is 7.76. The molecule has 4 aromatic rings. The Bertz CT molecular complexity index is 1450. The Hall–Kier alpha value is -3.37. The van der Waals surface area contributed by atoms with Gasteiger partial charge in [0.1, 0.15) is 5.82 Å². The van der Waals surface area contributed by atoms with E-state index in [9.17, 15) is 12.8 Å². The predicted octanol–water partition coefficient (Wildman–Crippen LogP) is 5.75. The number of aromatic nitrogens is 1. The second kappa shape index (κ2) is 12.2. The first-order valence-corrected chi connectivity index (χ1v) is 13.5. The molecule has 6 nitrogen and oxygen atoms in total. The van der Waals surface area contributed by atoms with Crippen LogP contribution in [0.15, 0.2) is 102 Å². The van der Waals surface area contributed by atoms with Gasteiger partial charge in [-0.3, -0.25) is 4.98 Å². The SMILES string of the molecule is O=S(=O)(c1ccc(NC(=S)NCc2ccncc2)cc1)N(Cc1ccc(F)cc1)Cc1cccc(Cl)c1. The van der Waals surface area contributed by atoms with E-state index >= 15 is 0 Å². The van der Waals surface area contributed by atoms with Crippen LogP contribution < -0.4 is 10.6 Å². The zero-order valence-electron chi connectivity index (χ0n) is 19.6. The fraction of sp³-hybridized carbons (Fsp3) is 0.111. The lowest BCUT2D eigenvalue weighted by Gasteiger charge is -2.23. The number of nitrogens with one attached hydrogen (secondary N) is 2. The molecule has 0 atom stereocenters. The Kier molecular flexibility index (Phi) is 8.83. The zero-order chi connectivity index (χ0) is 26.3. The molecule has 1 aromatic heterocycles. The second-order valence-electron chi connectivity index (χ2n) is 8.22. The van der Waals surface area contributed by atoms with Gasteiger partial charge in [0.15, 0.2) is 5.11 Å². The van der Waals surface area contributed by atoms with Crippen molar-refractivity contribution in [3.8, 4) is 0 Å². The fourth-order valence-electron chi connectivity index (χ4n) is 3.58. The molecule has 0 aliphatic carbocycles. The molecule has 0 amide bonds. The number of sulfonamides is 1. The van der Waals surface area contributed by atoms with Gasteiger partial charge in [0.05, 0.1) is 4.90 Å². The van der Waals surface area contributed by atoms with Gasteiger partial charge in [0, 0.05) is 42.7 Å². The van der Waals surface area contributed by atoms with E-state index in [0.717, 1.165) is 11.1 Å². The van der Waals surface area contributed by atoms with Crippen LogP contribution in [0.4, 0.5) is 10.1 Å². The maximum atomic E-state index is 13.6. The summed E-state index contributed by atoms with van der Waals surface area (Å²) < 4.78 is 42.0. The Balaban J connectivity index is 1.49. The summed E-state index contributed by atoms with van der Waals surface area (Å²) in [5, 5.41) is 7.08. The van der Waals surface area contributed by atoms with Crippen LogP contribution in [0.3, 0.4) is 0 Å². The van der Waals surface area contributed by atoms with Crippen LogP contribution in [-0.2, 0) is 29.7 Å². The number of halogens is 2. The monoisotopic (exact) mass is 554 g/mol. The number of hydrogen-bond acceptors (Lipinski definition) is 4. The molecule has 3 aromatic carbocycles. The van der Waals surface area contributed by atoms with Crippen LogP contribution in [0.2, 0.25) is 5.02 Å². The number of benzene rings is 3. The van der Waals surface area contributed by atoms with Crippen LogP contribution >= 0.6 is 23.8 Å². The average Bonchev–Trinajstić information content (AvgIpc) is 2.89. The molecule has 0 aliphatic heterocycles. The smallest absolute Gasteiger partial charge is 0.243 e. The molecule has 0 radical (unpaired) electrons. The van der Waals surface area contributed by atoms with Crippen LogP contribution in [-0.4, -0.2) is 22.8 Å². The van der Waals surface area contributed by atoms with E-state index in [0.29, 0.717) is 27.9 Å². The molecule has 0 aliphatic rings. The normalized spacial score (nSPS) is 11.3. The van der Waals surface area contributed by atoms with E-state index in [1.165, 1.54) is 28.6 Å². The highest BCUT2D eigenvalue weighted by Gasteiger charge is 2.25. The summed E-state index contributed by atoms with van der Waals surface area (Å²) in [5.41, 5.74) is 3.07. The summed E-state index contributed by atoms with van der Waals surface area (Å²) in [6.45, 7) is 0.698. The van der Waals surface area contributed by atoms with Crippen molar-refractivity contribution in [2.75, 3.05) is 5.32 Å². The summed E-state index contributed by atoms with van der Waals surface area (Å²) in [4.78, 5) is 4.11.